The molecule has 122 valence electrons. The van der Waals surface area contributed by atoms with Crippen molar-refractivity contribution >= 4 is 0 Å². The molecule has 1 aliphatic heterocycles. The number of ether oxygens (including phenoxy) is 1. The van der Waals surface area contributed by atoms with Crippen molar-refractivity contribution in [3.63, 3.8) is 0 Å². The molecular formula is C19H34O2. The summed E-state index contributed by atoms with van der Waals surface area (Å²) in [6.07, 6.45) is 8.79. The number of hydrogen-bond donors (Lipinski definition) is 1. The summed E-state index contributed by atoms with van der Waals surface area (Å²) in [6, 6.07) is 0. The molecule has 0 amide bonds. The van der Waals surface area contributed by atoms with Gasteiger partial charge in [0.15, 0.2) is 0 Å². The Balaban J connectivity index is 1.93. The molecule has 1 heterocycles. The van der Waals surface area contributed by atoms with E-state index in [1.54, 1.807) is 0 Å². The molecule has 2 saturated carbocycles. The fraction of sp³-hybridized carbons (Fsp3) is 1.00. The van der Waals surface area contributed by atoms with Crippen LogP contribution in [-0.2, 0) is 4.74 Å². The van der Waals surface area contributed by atoms with Gasteiger partial charge in [-0.2, -0.15) is 0 Å². The summed E-state index contributed by atoms with van der Waals surface area (Å²) < 4.78 is 6.55. The van der Waals surface area contributed by atoms with E-state index >= 15 is 0 Å². The van der Waals surface area contributed by atoms with Crippen molar-refractivity contribution in [1.29, 1.82) is 0 Å². The molecule has 0 aromatic heterocycles. The average molecular weight is 294 g/mol. The molecule has 0 aromatic carbocycles. The fourth-order valence-electron chi connectivity index (χ4n) is 6.54. The van der Waals surface area contributed by atoms with E-state index in [4.69, 9.17) is 4.74 Å². The van der Waals surface area contributed by atoms with Gasteiger partial charge in [-0.25, -0.2) is 0 Å². The van der Waals surface area contributed by atoms with E-state index in [1.807, 2.05) is 0 Å². The molecule has 5 atom stereocenters. The summed E-state index contributed by atoms with van der Waals surface area (Å²) in [6.45, 7) is 12.1. The number of hydrogen-bond acceptors (Lipinski definition) is 2. The molecule has 0 unspecified atom stereocenters. The fourth-order valence-corrected chi connectivity index (χ4v) is 6.54. The van der Waals surface area contributed by atoms with Crippen molar-refractivity contribution in [3.8, 4) is 0 Å². The zero-order valence-electron chi connectivity index (χ0n) is 14.7. The van der Waals surface area contributed by atoms with Gasteiger partial charge >= 0.3 is 0 Å². The second-order valence-electron chi connectivity index (χ2n) is 9.55. The van der Waals surface area contributed by atoms with Gasteiger partial charge in [-0.05, 0) is 75.0 Å². The lowest BCUT2D eigenvalue weighted by Gasteiger charge is -2.65. The quantitative estimate of drug-likeness (QED) is 0.769. The van der Waals surface area contributed by atoms with Crippen LogP contribution in [0.5, 0.6) is 0 Å². The summed E-state index contributed by atoms with van der Waals surface area (Å²) in [4.78, 5) is 0. The third kappa shape index (κ3) is 2.28. The van der Waals surface area contributed by atoms with Crippen LogP contribution in [0.15, 0.2) is 0 Å². The van der Waals surface area contributed by atoms with Gasteiger partial charge < -0.3 is 9.84 Å². The van der Waals surface area contributed by atoms with E-state index in [2.05, 4.69) is 34.6 Å². The summed E-state index contributed by atoms with van der Waals surface area (Å²) in [7, 11) is 0. The van der Waals surface area contributed by atoms with Gasteiger partial charge in [-0.15, -0.1) is 0 Å². The normalized spacial score (nSPS) is 52.9. The van der Waals surface area contributed by atoms with Crippen molar-refractivity contribution in [1.82, 2.24) is 0 Å². The summed E-state index contributed by atoms with van der Waals surface area (Å²) in [5.41, 5.74) is 0.546. The van der Waals surface area contributed by atoms with Gasteiger partial charge in [0, 0.05) is 0 Å². The zero-order valence-corrected chi connectivity index (χ0v) is 14.7. The molecule has 0 radical (unpaired) electrons. The Morgan fingerprint density at radius 3 is 2.24 bits per heavy atom. The first kappa shape index (κ1) is 15.8. The van der Waals surface area contributed by atoms with Crippen LogP contribution >= 0.6 is 0 Å². The first-order valence-electron chi connectivity index (χ1n) is 8.96. The molecule has 1 saturated heterocycles. The van der Waals surface area contributed by atoms with Crippen LogP contribution in [0.3, 0.4) is 0 Å². The van der Waals surface area contributed by atoms with Crippen molar-refractivity contribution in [2.24, 2.45) is 22.7 Å². The first-order valence-corrected chi connectivity index (χ1v) is 8.96. The Morgan fingerprint density at radius 1 is 0.905 bits per heavy atom. The average Bonchev–Trinajstić information content (AvgIpc) is 2.36. The van der Waals surface area contributed by atoms with E-state index < -0.39 is 0 Å². The SMILES string of the molecule is CC1(C)CCC[C@]2(C)[C@H]3CC[C@](C)(CO)O[C@]3(C)CC[C@@H]12. The molecule has 0 bridgehead atoms. The van der Waals surface area contributed by atoms with E-state index in [1.165, 1.54) is 32.1 Å². The molecule has 0 aromatic rings. The summed E-state index contributed by atoms with van der Waals surface area (Å²) in [5.74, 6) is 1.49. The minimum absolute atomic E-state index is 0.0333. The second kappa shape index (κ2) is 4.71. The number of aliphatic hydroxyl groups excluding tert-OH is 1. The Hall–Kier alpha value is -0.0800. The highest BCUT2D eigenvalue weighted by Gasteiger charge is 2.61. The molecule has 2 aliphatic carbocycles. The molecule has 2 nitrogen and oxygen atoms in total. The van der Waals surface area contributed by atoms with Crippen LogP contribution in [0.2, 0.25) is 0 Å². The van der Waals surface area contributed by atoms with E-state index in [0.29, 0.717) is 16.7 Å². The Bertz CT molecular complexity index is 418. The molecule has 2 heteroatoms. The Kier molecular flexibility index (Phi) is 3.54. The van der Waals surface area contributed by atoms with E-state index in [0.717, 1.165) is 18.8 Å². The van der Waals surface area contributed by atoms with Crippen molar-refractivity contribution in [3.05, 3.63) is 0 Å². The third-order valence-corrected chi connectivity index (χ3v) is 7.51. The predicted molar refractivity (Wildman–Crippen MR) is 86.2 cm³/mol. The van der Waals surface area contributed by atoms with Gasteiger partial charge in [0.25, 0.3) is 0 Å². The van der Waals surface area contributed by atoms with Crippen LogP contribution in [-0.4, -0.2) is 22.9 Å². The molecule has 0 spiro atoms. The largest absolute Gasteiger partial charge is 0.393 e. The van der Waals surface area contributed by atoms with Crippen molar-refractivity contribution in [2.45, 2.75) is 90.8 Å². The summed E-state index contributed by atoms with van der Waals surface area (Å²) in [5, 5.41) is 9.71. The van der Waals surface area contributed by atoms with Crippen molar-refractivity contribution in [2.75, 3.05) is 6.61 Å². The highest BCUT2D eigenvalue weighted by Crippen LogP contribution is 2.65. The predicted octanol–water partition coefficient (Wildman–Crippen LogP) is 4.55. The standard InChI is InChI=1S/C19H34O2/c1-16(2)9-6-10-18(4)14(16)8-12-19(5)15(18)7-11-17(3,13-20)21-19/h14-15,20H,6-13H2,1-5H3/t14-,15+,17+,18-,19+/m0/s1. The number of fused-ring (bicyclic) bond motifs is 3. The van der Waals surface area contributed by atoms with E-state index in [-0.39, 0.29) is 17.8 Å². The van der Waals surface area contributed by atoms with Crippen LogP contribution in [0.1, 0.15) is 79.6 Å². The van der Waals surface area contributed by atoms with Gasteiger partial charge in [0.05, 0.1) is 17.8 Å². The molecular weight excluding hydrogens is 260 g/mol. The Morgan fingerprint density at radius 2 is 1.57 bits per heavy atom. The molecule has 1 N–H and O–H groups in total. The van der Waals surface area contributed by atoms with Crippen LogP contribution < -0.4 is 0 Å². The van der Waals surface area contributed by atoms with Gasteiger partial charge in [0.1, 0.15) is 0 Å². The lowest BCUT2D eigenvalue weighted by Crippen LogP contribution is -2.63. The smallest absolute Gasteiger partial charge is 0.0891 e. The maximum absolute atomic E-state index is 9.71. The highest BCUT2D eigenvalue weighted by molar-refractivity contribution is 5.10. The Labute approximate surface area is 130 Å². The lowest BCUT2D eigenvalue weighted by atomic mass is 9.44. The highest BCUT2D eigenvalue weighted by atomic mass is 16.5. The molecule has 3 fully saturated rings. The monoisotopic (exact) mass is 294 g/mol. The zero-order chi connectivity index (χ0) is 15.5. The maximum atomic E-state index is 9.71. The van der Waals surface area contributed by atoms with Gasteiger partial charge in [-0.3, -0.25) is 0 Å². The first-order chi connectivity index (χ1) is 9.65. The molecule has 3 aliphatic rings. The molecule has 3 rings (SSSR count). The van der Waals surface area contributed by atoms with Crippen LogP contribution in [0, 0.1) is 22.7 Å². The summed E-state index contributed by atoms with van der Waals surface area (Å²) >= 11 is 0. The number of rotatable bonds is 1. The van der Waals surface area contributed by atoms with Crippen LogP contribution in [0.4, 0.5) is 0 Å². The van der Waals surface area contributed by atoms with Crippen LogP contribution in [0.25, 0.3) is 0 Å². The number of aliphatic hydroxyl groups is 1. The van der Waals surface area contributed by atoms with Gasteiger partial charge in [0.2, 0.25) is 0 Å². The minimum atomic E-state index is -0.321. The second-order valence-corrected chi connectivity index (χ2v) is 9.55. The van der Waals surface area contributed by atoms with Crippen molar-refractivity contribution < 1.29 is 9.84 Å². The minimum Gasteiger partial charge on any atom is -0.393 e. The molecule has 21 heavy (non-hydrogen) atoms. The van der Waals surface area contributed by atoms with Gasteiger partial charge in [-0.1, -0.05) is 27.2 Å². The maximum Gasteiger partial charge on any atom is 0.0891 e. The van der Waals surface area contributed by atoms with E-state index in [9.17, 15) is 5.11 Å². The third-order valence-electron chi connectivity index (χ3n) is 7.51. The lowest BCUT2D eigenvalue weighted by molar-refractivity contribution is -0.272. The topological polar surface area (TPSA) is 29.5 Å².